The SMILES string of the molecule is O=C(NCc1ccc(Cn2cnc3ccccc32)cc1)c1ccc[nH]c1=S. The molecule has 6 heteroatoms. The summed E-state index contributed by atoms with van der Waals surface area (Å²) in [5, 5.41) is 2.90. The van der Waals surface area contributed by atoms with Crippen molar-refractivity contribution in [3.63, 3.8) is 0 Å². The summed E-state index contributed by atoms with van der Waals surface area (Å²) in [5.41, 5.74) is 4.81. The molecular weight excluding hydrogens is 356 g/mol. The Labute approximate surface area is 161 Å². The Kier molecular flexibility index (Phi) is 4.80. The molecule has 0 aliphatic rings. The van der Waals surface area contributed by atoms with Gasteiger partial charge < -0.3 is 14.9 Å². The molecule has 0 saturated carbocycles. The quantitative estimate of drug-likeness (QED) is 0.518. The molecule has 2 N–H and O–H groups in total. The number of aromatic amines is 1. The second-order valence-electron chi connectivity index (χ2n) is 6.27. The van der Waals surface area contributed by atoms with E-state index in [0.717, 1.165) is 23.1 Å². The van der Waals surface area contributed by atoms with Crippen LogP contribution in [0.4, 0.5) is 0 Å². The third-order valence-electron chi connectivity index (χ3n) is 4.42. The third-order valence-corrected chi connectivity index (χ3v) is 4.76. The van der Waals surface area contributed by atoms with Gasteiger partial charge in [-0.3, -0.25) is 4.79 Å². The van der Waals surface area contributed by atoms with Crippen LogP contribution < -0.4 is 5.32 Å². The van der Waals surface area contributed by atoms with Gasteiger partial charge in [0.05, 0.1) is 22.9 Å². The number of para-hydroxylation sites is 2. The monoisotopic (exact) mass is 374 g/mol. The van der Waals surface area contributed by atoms with E-state index in [0.29, 0.717) is 16.7 Å². The zero-order valence-electron chi connectivity index (χ0n) is 14.6. The van der Waals surface area contributed by atoms with Gasteiger partial charge in [-0.25, -0.2) is 4.98 Å². The van der Waals surface area contributed by atoms with Gasteiger partial charge in [-0.05, 0) is 35.4 Å². The normalized spacial score (nSPS) is 10.8. The number of benzene rings is 2. The summed E-state index contributed by atoms with van der Waals surface area (Å²) in [6, 6.07) is 19.8. The van der Waals surface area contributed by atoms with Crippen molar-refractivity contribution in [1.29, 1.82) is 0 Å². The Morgan fingerprint density at radius 3 is 2.63 bits per heavy atom. The lowest BCUT2D eigenvalue weighted by molar-refractivity contribution is 0.0950. The zero-order valence-corrected chi connectivity index (χ0v) is 15.4. The average molecular weight is 374 g/mol. The van der Waals surface area contributed by atoms with E-state index in [-0.39, 0.29) is 5.91 Å². The van der Waals surface area contributed by atoms with Crippen LogP contribution in [0.5, 0.6) is 0 Å². The molecule has 0 aliphatic carbocycles. The number of amides is 1. The fourth-order valence-electron chi connectivity index (χ4n) is 2.97. The zero-order chi connectivity index (χ0) is 18.6. The first-order valence-electron chi connectivity index (χ1n) is 8.64. The van der Waals surface area contributed by atoms with E-state index in [1.807, 2.05) is 36.7 Å². The standard InChI is InChI=1S/C21H18N4OS/c26-20(17-4-3-11-22-21(17)27)23-12-15-7-9-16(10-8-15)13-25-14-24-18-5-1-2-6-19(18)25/h1-11,14H,12-13H2,(H,22,27)(H,23,26). The maximum Gasteiger partial charge on any atom is 0.254 e. The second-order valence-corrected chi connectivity index (χ2v) is 6.68. The van der Waals surface area contributed by atoms with Crippen molar-refractivity contribution in [3.05, 3.63) is 94.5 Å². The number of nitrogens with one attached hydrogen (secondary N) is 2. The highest BCUT2D eigenvalue weighted by Gasteiger charge is 2.07. The van der Waals surface area contributed by atoms with Gasteiger partial charge in [0.2, 0.25) is 0 Å². The third kappa shape index (κ3) is 3.80. The second kappa shape index (κ2) is 7.55. The minimum atomic E-state index is -0.175. The topological polar surface area (TPSA) is 62.7 Å². The van der Waals surface area contributed by atoms with E-state index in [2.05, 4.69) is 38.1 Å². The Morgan fingerprint density at radius 1 is 1.04 bits per heavy atom. The van der Waals surface area contributed by atoms with Crippen LogP contribution in [-0.4, -0.2) is 20.4 Å². The first kappa shape index (κ1) is 17.2. The lowest BCUT2D eigenvalue weighted by Crippen LogP contribution is -2.23. The number of carbonyl (C=O) groups is 1. The van der Waals surface area contributed by atoms with Crippen molar-refractivity contribution in [2.45, 2.75) is 13.1 Å². The van der Waals surface area contributed by atoms with E-state index in [1.54, 1.807) is 18.3 Å². The molecule has 0 fully saturated rings. The van der Waals surface area contributed by atoms with Crippen LogP contribution in [0, 0.1) is 4.64 Å². The molecule has 0 aliphatic heterocycles. The van der Waals surface area contributed by atoms with Crippen LogP contribution in [0.1, 0.15) is 21.5 Å². The summed E-state index contributed by atoms with van der Waals surface area (Å²) in [6.07, 6.45) is 3.57. The highest BCUT2D eigenvalue weighted by atomic mass is 32.1. The maximum absolute atomic E-state index is 12.2. The van der Waals surface area contributed by atoms with Crippen molar-refractivity contribution >= 4 is 29.2 Å². The fraction of sp³-hybridized carbons (Fsp3) is 0.0952. The molecular formula is C21H18N4OS. The van der Waals surface area contributed by atoms with Gasteiger partial charge in [0.15, 0.2) is 0 Å². The van der Waals surface area contributed by atoms with E-state index in [9.17, 15) is 4.79 Å². The minimum absolute atomic E-state index is 0.175. The molecule has 0 saturated heterocycles. The summed E-state index contributed by atoms with van der Waals surface area (Å²) in [5.74, 6) is -0.175. The Balaban J connectivity index is 1.41. The van der Waals surface area contributed by atoms with E-state index in [4.69, 9.17) is 12.2 Å². The smallest absolute Gasteiger partial charge is 0.254 e. The molecule has 4 rings (SSSR count). The van der Waals surface area contributed by atoms with Crippen molar-refractivity contribution < 1.29 is 4.79 Å². The largest absolute Gasteiger partial charge is 0.352 e. The van der Waals surface area contributed by atoms with Crippen molar-refractivity contribution in [2.24, 2.45) is 0 Å². The number of pyridine rings is 1. The summed E-state index contributed by atoms with van der Waals surface area (Å²) in [4.78, 5) is 19.5. The van der Waals surface area contributed by atoms with Crippen LogP contribution in [0.3, 0.4) is 0 Å². The van der Waals surface area contributed by atoms with Crippen LogP contribution in [0.2, 0.25) is 0 Å². The molecule has 0 unspecified atom stereocenters. The number of H-pyrrole nitrogens is 1. The van der Waals surface area contributed by atoms with Gasteiger partial charge in [-0.15, -0.1) is 0 Å². The highest BCUT2D eigenvalue weighted by molar-refractivity contribution is 7.71. The predicted molar refractivity (Wildman–Crippen MR) is 108 cm³/mol. The molecule has 2 heterocycles. The van der Waals surface area contributed by atoms with Gasteiger partial charge in [0.1, 0.15) is 4.64 Å². The molecule has 134 valence electrons. The highest BCUT2D eigenvalue weighted by Crippen LogP contribution is 2.14. The van der Waals surface area contributed by atoms with Gasteiger partial charge in [0, 0.05) is 19.3 Å². The number of rotatable bonds is 5. The van der Waals surface area contributed by atoms with E-state index in [1.165, 1.54) is 5.56 Å². The fourth-order valence-corrected chi connectivity index (χ4v) is 3.20. The molecule has 0 atom stereocenters. The number of imidazole rings is 1. The molecule has 1 amide bonds. The summed E-state index contributed by atoms with van der Waals surface area (Å²) in [6.45, 7) is 1.21. The molecule has 0 radical (unpaired) electrons. The summed E-state index contributed by atoms with van der Waals surface area (Å²) in [7, 11) is 0. The number of aromatic nitrogens is 3. The first-order chi connectivity index (χ1) is 13.2. The Hall–Kier alpha value is -3.25. The van der Waals surface area contributed by atoms with Crippen molar-refractivity contribution in [1.82, 2.24) is 19.9 Å². The molecule has 4 aromatic rings. The van der Waals surface area contributed by atoms with Crippen LogP contribution in [0.15, 0.2) is 73.2 Å². The molecule has 5 nitrogen and oxygen atoms in total. The minimum Gasteiger partial charge on any atom is -0.352 e. The number of carbonyl (C=O) groups excluding carboxylic acids is 1. The molecule has 2 aromatic carbocycles. The number of hydrogen-bond donors (Lipinski definition) is 2. The van der Waals surface area contributed by atoms with Crippen molar-refractivity contribution in [2.75, 3.05) is 0 Å². The van der Waals surface area contributed by atoms with Crippen LogP contribution >= 0.6 is 12.2 Å². The average Bonchev–Trinajstić information content (AvgIpc) is 3.10. The van der Waals surface area contributed by atoms with Gasteiger partial charge >= 0.3 is 0 Å². The Morgan fingerprint density at radius 2 is 1.81 bits per heavy atom. The van der Waals surface area contributed by atoms with Gasteiger partial charge in [-0.1, -0.05) is 48.6 Å². The predicted octanol–water partition coefficient (Wildman–Crippen LogP) is 4.07. The number of nitrogens with zero attached hydrogens (tertiary/aromatic N) is 2. The maximum atomic E-state index is 12.2. The molecule has 2 aromatic heterocycles. The number of hydrogen-bond acceptors (Lipinski definition) is 3. The van der Waals surface area contributed by atoms with Crippen LogP contribution in [0.25, 0.3) is 11.0 Å². The number of fused-ring (bicyclic) bond motifs is 1. The lowest BCUT2D eigenvalue weighted by Gasteiger charge is -2.08. The van der Waals surface area contributed by atoms with Crippen LogP contribution in [-0.2, 0) is 13.1 Å². The molecule has 27 heavy (non-hydrogen) atoms. The Bertz CT molecular complexity index is 1140. The lowest BCUT2D eigenvalue weighted by atomic mass is 10.1. The molecule has 0 bridgehead atoms. The van der Waals surface area contributed by atoms with Gasteiger partial charge in [0.25, 0.3) is 5.91 Å². The summed E-state index contributed by atoms with van der Waals surface area (Å²) >= 11 is 5.14. The van der Waals surface area contributed by atoms with E-state index < -0.39 is 0 Å². The molecule has 0 spiro atoms. The van der Waals surface area contributed by atoms with Gasteiger partial charge in [-0.2, -0.15) is 0 Å². The van der Waals surface area contributed by atoms with Crippen molar-refractivity contribution in [3.8, 4) is 0 Å². The first-order valence-corrected chi connectivity index (χ1v) is 9.05. The summed E-state index contributed by atoms with van der Waals surface area (Å²) < 4.78 is 2.57. The van der Waals surface area contributed by atoms with E-state index >= 15 is 0 Å².